The maximum absolute atomic E-state index is 12.5. The third kappa shape index (κ3) is 6.00. The number of carbonyl (C=O) groups excluding carboxylic acids is 1. The molecular formula is C23H27N3O7S2. The van der Waals surface area contributed by atoms with E-state index in [9.17, 15) is 18.0 Å². The molecule has 0 bridgehead atoms. The summed E-state index contributed by atoms with van der Waals surface area (Å²) in [6, 6.07) is 4.51. The summed E-state index contributed by atoms with van der Waals surface area (Å²) >= 11 is 1.44. The number of rotatable bonds is 10. The summed E-state index contributed by atoms with van der Waals surface area (Å²) in [7, 11) is -3.67. The lowest BCUT2D eigenvalue weighted by Gasteiger charge is -2.18. The number of esters is 1. The second-order valence-corrected chi connectivity index (χ2v) is 11.1. The fourth-order valence-corrected chi connectivity index (χ4v) is 5.78. The van der Waals surface area contributed by atoms with Gasteiger partial charge in [-0.15, -0.1) is 11.3 Å². The smallest absolute Gasteiger partial charge is 0.306 e. The molecule has 0 aliphatic carbocycles. The molecule has 0 amide bonds. The van der Waals surface area contributed by atoms with Gasteiger partial charge in [0.25, 0.3) is 5.56 Å². The highest BCUT2D eigenvalue weighted by Gasteiger charge is 2.19. The van der Waals surface area contributed by atoms with E-state index in [4.69, 9.17) is 14.2 Å². The molecule has 1 aromatic carbocycles. The number of nitrogens with one attached hydrogen (secondary N) is 2. The summed E-state index contributed by atoms with van der Waals surface area (Å²) in [5.41, 5.74) is 0.678. The summed E-state index contributed by atoms with van der Waals surface area (Å²) < 4.78 is 43.6. The van der Waals surface area contributed by atoms with Crippen molar-refractivity contribution in [3.8, 4) is 11.5 Å². The quantitative estimate of drug-likeness (QED) is 0.307. The molecule has 0 saturated heterocycles. The molecule has 3 heterocycles. The molecule has 2 aromatic heterocycles. The summed E-state index contributed by atoms with van der Waals surface area (Å²) in [6.45, 7) is 4.78. The van der Waals surface area contributed by atoms with Crippen molar-refractivity contribution >= 4 is 37.5 Å². The number of aromatic nitrogens is 2. The van der Waals surface area contributed by atoms with E-state index >= 15 is 0 Å². The topological polar surface area (TPSA) is 137 Å². The van der Waals surface area contributed by atoms with Crippen molar-refractivity contribution in [1.29, 1.82) is 0 Å². The van der Waals surface area contributed by atoms with E-state index < -0.39 is 16.0 Å². The van der Waals surface area contributed by atoms with Crippen molar-refractivity contribution < 1.29 is 27.4 Å². The van der Waals surface area contributed by atoms with Gasteiger partial charge in [-0.25, -0.2) is 18.1 Å². The molecule has 1 aliphatic rings. The molecule has 35 heavy (non-hydrogen) atoms. The van der Waals surface area contributed by atoms with Crippen LogP contribution in [0.2, 0.25) is 0 Å². The standard InChI is InChI=1S/C23H27N3O7S2/c1-14-15(2)34-23-21(14)22(28)25-19(26-23)13-33-20(27)6-4-3-5-9-24-35(29,30)16-7-8-17-18(12-16)32-11-10-31-17/h7-8,12,24H,3-6,9-11,13H2,1-2H3,(H,25,26,28). The molecule has 12 heteroatoms. The Morgan fingerprint density at radius 1 is 1.17 bits per heavy atom. The average Bonchev–Trinajstić information content (AvgIpc) is 3.13. The van der Waals surface area contributed by atoms with Gasteiger partial charge in [0.2, 0.25) is 10.0 Å². The van der Waals surface area contributed by atoms with Crippen LogP contribution in [0.4, 0.5) is 0 Å². The van der Waals surface area contributed by atoms with Gasteiger partial charge in [0.05, 0.1) is 10.3 Å². The van der Waals surface area contributed by atoms with Crippen LogP contribution in [0.15, 0.2) is 27.9 Å². The number of hydrogen-bond acceptors (Lipinski definition) is 9. The molecule has 0 radical (unpaired) electrons. The van der Waals surface area contributed by atoms with Crippen LogP contribution >= 0.6 is 11.3 Å². The minimum atomic E-state index is -3.67. The number of fused-ring (bicyclic) bond motifs is 2. The number of nitrogens with zero attached hydrogens (tertiary/aromatic N) is 1. The molecule has 10 nitrogen and oxygen atoms in total. The minimum absolute atomic E-state index is 0.102. The molecule has 1 aliphatic heterocycles. The molecular weight excluding hydrogens is 494 g/mol. The summed E-state index contributed by atoms with van der Waals surface area (Å²) in [5, 5.41) is 0.576. The number of sulfonamides is 1. The summed E-state index contributed by atoms with van der Waals surface area (Å²) in [4.78, 5) is 33.2. The number of benzene rings is 1. The third-order valence-electron chi connectivity index (χ3n) is 5.63. The van der Waals surface area contributed by atoms with Gasteiger partial charge in [-0.1, -0.05) is 6.42 Å². The van der Waals surface area contributed by atoms with Gasteiger partial charge in [-0.3, -0.25) is 9.59 Å². The maximum Gasteiger partial charge on any atom is 0.306 e. The van der Waals surface area contributed by atoms with E-state index in [2.05, 4.69) is 14.7 Å². The normalized spacial score (nSPS) is 13.2. The number of ether oxygens (including phenoxy) is 3. The second kappa shape index (κ2) is 10.8. The first-order valence-electron chi connectivity index (χ1n) is 11.3. The molecule has 0 spiro atoms. The number of aryl methyl sites for hydroxylation is 2. The fraction of sp³-hybridized carbons (Fsp3) is 0.435. The highest BCUT2D eigenvalue weighted by Crippen LogP contribution is 2.32. The Morgan fingerprint density at radius 2 is 1.94 bits per heavy atom. The Bertz CT molecular complexity index is 1400. The average molecular weight is 522 g/mol. The SMILES string of the molecule is Cc1sc2nc(COC(=O)CCCCCNS(=O)(=O)c3ccc4c(c3)OCCO4)[nH]c(=O)c2c1C. The fourth-order valence-electron chi connectivity index (χ4n) is 3.64. The number of unbranched alkanes of at least 4 members (excludes halogenated alkanes) is 2. The van der Waals surface area contributed by atoms with Crippen molar-refractivity contribution in [2.45, 2.75) is 51.0 Å². The van der Waals surface area contributed by atoms with Crippen LogP contribution in [0.3, 0.4) is 0 Å². The van der Waals surface area contributed by atoms with Crippen LogP contribution in [-0.4, -0.2) is 44.1 Å². The molecule has 4 rings (SSSR count). The lowest BCUT2D eigenvalue weighted by atomic mass is 10.2. The van der Waals surface area contributed by atoms with E-state index in [1.807, 2.05) is 13.8 Å². The first-order valence-corrected chi connectivity index (χ1v) is 13.6. The van der Waals surface area contributed by atoms with Crippen molar-refractivity contribution in [2.75, 3.05) is 19.8 Å². The van der Waals surface area contributed by atoms with Crippen LogP contribution in [0.25, 0.3) is 10.2 Å². The predicted molar refractivity (Wildman–Crippen MR) is 131 cm³/mol. The van der Waals surface area contributed by atoms with E-state index in [1.54, 1.807) is 6.07 Å². The van der Waals surface area contributed by atoms with Gasteiger partial charge < -0.3 is 19.2 Å². The van der Waals surface area contributed by atoms with Crippen LogP contribution in [0, 0.1) is 13.8 Å². The Hall–Kier alpha value is -2.96. The number of carbonyl (C=O) groups is 1. The van der Waals surface area contributed by atoms with E-state index in [-0.39, 0.29) is 30.0 Å². The number of hydrogen-bond donors (Lipinski definition) is 2. The van der Waals surface area contributed by atoms with Gasteiger partial charge in [0, 0.05) is 23.9 Å². The van der Waals surface area contributed by atoms with Crippen LogP contribution < -0.4 is 19.8 Å². The number of H-pyrrole nitrogens is 1. The minimum Gasteiger partial charge on any atom is -0.486 e. The zero-order valence-electron chi connectivity index (χ0n) is 19.5. The second-order valence-electron chi connectivity index (χ2n) is 8.15. The molecule has 0 unspecified atom stereocenters. The maximum atomic E-state index is 12.5. The molecule has 188 valence electrons. The summed E-state index contributed by atoms with van der Waals surface area (Å²) in [6.07, 6.45) is 1.96. The third-order valence-corrected chi connectivity index (χ3v) is 8.19. The molecule has 0 atom stereocenters. The Balaban J connectivity index is 1.17. The van der Waals surface area contributed by atoms with Gasteiger partial charge in [-0.2, -0.15) is 0 Å². The molecule has 2 N–H and O–H groups in total. The van der Waals surface area contributed by atoms with Crippen molar-refractivity contribution in [1.82, 2.24) is 14.7 Å². The Kier molecular flexibility index (Phi) is 7.72. The van der Waals surface area contributed by atoms with Gasteiger partial charge in [0.15, 0.2) is 11.5 Å². The van der Waals surface area contributed by atoms with E-state index in [0.717, 1.165) is 10.4 Å². The number of aromatic amines is 1. The van der Waals surface area contributed by atoms with Crippen LogP contribution in [0.5, 0.6) is 11.5 Å². The zero-order chi connectivity index (χ0) is 25.0. The van der Waals surface area contributed by atoms with Gasteiger partial charge in [-0.05, 0) is 44.4 Å². The van der Waals surface area contributed by atoms with Crippen molar-refractivity contribution in [3.63, 3.8) is 0 Å². The zero-order valence-corrected chi connectivity index (χ0v) is 21.1. The highest BCUT2D eigenvalue weighted by atomic mass is 32.2. The highest BCUT2D eigenvalue weighted by molar-refractivity contribution is 7.89. The lowest BCUT2D eigenvalue weighted by Crippen LogP contribution is -2.25. The van der Waals surface area contributed by atoms with Crippen LogP contribution in [0.1, 0.15) is 41.9 Å². The predicted octanol–water partition coefficient (Wildman–Crippen LogP) is 2.95. The van der Waals surface area contributed by atoms with Gasteiger partial charge in [0.1, 0.15) is 30.5 Å². The molecule has 0 saturated carbocycles. The first kappa shape index (κ1) is 25.1. The monoisotopic (exact) mass is 521 g/mol. The van der Waals surface area contributed by atoms with Crippen molar-refractivity contribution in [3.05, 3.63) is 44.8 Å². The largest absolute Gasteiger partial charge is 0.486 e. The molecule has 3 aromatic rings. The first-order chi connectivity index (χ1) is 16.7. The molecule has 0 fully saturated rings. The van der Waals surface area contributed by atoms with Gasteiger partial charge >= 0.3 is 5.97 Å². The summed E-state index contributed by atoms with van der Waals surface area (Å²) in [5.74, 6) is 0.854. The van der Waals surface area contributed by atoms with E-state index in [0.29, 0.717) is 60.0 Å². The Labute approximate surface area is 206 Å². The van der Waals surface area contributed by atoms with Crippen LogP contribution in [-0.2, 0) is 26.2 Å². The number of thiophene rings is 1. The Morgan fingerprint density at radius 3 is 2.74 bits per heavy atom. The van der Waals surface area contributed by atoms with Crippen molar-refractivity contribution in [2.24, 2.45) is 0 Å². The van der Waals surface area contributed by atoms with E-state index in [1.165, 1.54) is 23.5 Å². The lowest BCUT2D eigenvalue weighted by molar-refractivity contribution is -0.145.